The molecule has 0 spiro atoms. The summed E-state index contributed by atoms with van der Waals surface area (Å²) < 4.78 is 1.82. The van der Waals surface area contributed by atoms with Crippen molar-refractivity contribution in [1.82, 2.24) is 25.1 Å². The predicted octanol–water partition coefficient (Wildman–Crippen LogP) is 1.41. The van der Waals surface area contributed by atoms with Crippen LogP contribution in [-0.2, 0) is 13.5 Å². The van der Waals surface area contributed by atoms with Gasteiger partial charge in [-0.05, 0) is 31.2 Å². The van der Waals surface area contributed by atoms with Gasteiger partial charge in [-0.1, -0.05) is 6.92 Å². The average Bonchev–Trinajstić information content (AvgIpc) is 2.74. The van der Waals surface area contributed by atoms with Crippen molar-refractivity contribution in [1.29, 1.82) is 0 Å². The van der Waals surface area contributed by atoms with Gasteiger partial charge in [0.2, 0.25) is 0 Å². The summed E-state index contributed by atoms with van der Waals surface area (Å²) in [5.41, 5.74) is 2.28. The van der Waals surface area contributed by atoms with E-state index in [1.807, 2.05) is 24.9 Å². The van der Waals surface area contributed by atoms with Gasteiger partial charge in [-0.2, -0.15) is 5.10 Å². The highest BCUT2D eigenvalue weighted by atomic mass is 15.3. The monoisotopic (exact) mass is 245 g/mol. The molecule has 0 bridgehead atoms. The summed E-state index contributed by atoms with van der Waals surface area (Å²) in [5.74, 6) is 0.982. The zero-order valence-corrected chi connectivity index (χ0v) is 11.1. The molecule has 1 unspecified atom stereocenters. The Bertz CT molecular complexity index is 506. The molecule has 5 nitrogen and oxygen atoms in total. The van der Waals surface area contributed by atoms with Crippen molar-refractivity contribution in [3.8, 4) is 0 Å². The van der Waals surface area contributed by atoms with Gasteiger partial charge in [0.25, 0.3) is 0 Å². The van der Waals surface area contributed by atoms with E-state index in [4.69, 9.17) is 0 Å². The number of rotatable bonds is 5. The van der Waals surface area contributed by atoms with Crippen LogP contribution in [0.1, 0.15) is 30.0 Å². The third-order valence-electron chi connectivity index (χ3n) is 2.97. The highest BCUT2D eigenvalue weighted by molar-refractivity contribution is 5.20. The Morgan fingerprint density at radius 1 is 1.39 bits per heavy atom. The molecular weight excluding hydrogens is 226 g/mol. The smallest absolute Gasteiger partial charge is 0.138 e. The lowest BCUT2D eigenvalue weighted by Crippen LogP contribution is -2.24. The van der Waals surface area contributed by atoms with E-state index in [2.05, 4.69) is 39.4 Å². The molecule has 2 aromatic heterocycles. The Hall–Kier alpha value is -1.75. The van der Waals surface area contributed by atoms with E-state index >= 15 is 0 Å². The van der Waals surface area contributed by atoms with Crippen LogP contribution in [0.5, 0.6) is 0 Å². The van der Waals surface area contributed by atoms with Gasteiger partial charge in [0.05, 0.1) is 0 Å². The van der Waals surface area contributed by atoms with Crippen LogP contribution in [0.4, 0.5) is 0 Å². The first-order valence-corrected chi connectivity index (χ1v) is 6.19. The third-order valence-corrected chi connectivity index (χ3v) is 2.97. The second kappa shape index (κ2) is 5.73. The zero-order chi connectivity index (χ0) is 13.0. The first-order chi connectivity index (χ1) is 8.70. The van der Waals surface area contributed by atoms with Gasteiger partial charge in [-0.3, -0.25) is 9.67 Å². The van der Waals surface area contributed by atoms with Crippen LogP contribution in [-0.4, -0.2) is 26.3 Å². The van der Waals surface area contributed by atoms with Crippen molar-refractivity contribution in [3.63, 3.8) is 0 Å². The van der Waals surface area contributed by atoms with E-state index in [-0.39, 0.29) is 6.04 Å². The molecular formula is C13H19N5. The van der Waals surface area contributed by atoms with E-state index in [0.29, 0.717) is 0 Å². The van der Waals surface area contributed by atoms with E-state index in [0.717, 1.165) is 24.5 Å². The summed E-state index contributed by atoms with van der Waals surface area (Å²) >= 11 is 0. The van der Waals surface area contributed by atoms with Crippen LogP contribution in [0.15, 0.2) is 24.7 Å². The number of pyridine rings is 1. The molecule has 2 heterocycles. The lowest BCUT2D eigenvalue weighted by atomic mass is 10.0. The first kappa shape index (κ1) is 12.7. The Kier molecular flexibility index (Phi) is 4.04. The van der Waals surface area contributed by atoms with Crippen molar-refractivity contribution < 1.29 is 0 Å². The van der Waals surface area contributed by atoms with E-state index < -0.39 is 0 Å². The minimum atomic E-state index is 0.250. The highest BCUT2D eigenvalue weighted by Crippen LogP contribution is 2.17. The fourth-order valence-corrected chi connectivity index (χ4v) is 2.03. The van der Waals surface area contributed by atoms with Crippen LogP contribution in [0.3, 0.4) is 0 Å². The molecule has 0 aliphatic heterocycles. The van der Waals surface area contributed by atoms with Gasteiger partial charge < -0.3 is 5.32 Å². The highest BCUT2D eigenvalue weighted by Gasteiger charge is 2.14. The molecule has 0 fully saturated rings. The lowest BCUT2D eigenvalue weighted by Gasteiger charge is -2.18. The van der Waals surface area contributed by atoms with E-state index in [1.165, 1.54) is 5.56 Å². The molecule has 2 aromatic rings. The summed E-state index contributed by atoms with van der Waals surface area (Å²) in [6.07, 6.45) is 4.27. The lowest BCUT2D eigenvalue weighted by molar-refractivity contribution is 0.521. The minimum Gasteiger partial charge on any atom is -0.310 e. The average molecular weight is 245 g/mol. The van der Waals surface area contributed by atoms with Crippen LogP contribution < -0.4 is 5.32 Å². The van der Waals surface area contributed by atoms with Gasteiger partial charge >= 0.3 is 0 Å². The van der Waals surface area contributed by atoms with Gasteiger partial charge in [0, 0.05) is 31.4 Å². The van der Waals surface area contributed by atoms with E-state index in [9.17, 15) is 0 Å². The standard InChI is InChI=1S/C13H19N5/c1-4-14-12(8-13-16-9-17-18(13)3)11-5-6-15-10(2)7-11/h5-7,9,12,14H,4,8H2,1-3H3. The summed E-state index contributed by atoms with van der Waals surface area (Å²) in [7, 11) is 1.92. The topological polar surface area (TPSA) is 55.6 Å². The molecule has 18 heavy (non-hydrogen) atoms. The second-order valence-electron chi connectivity index (χ2n) is 4.34. The number of hydrogen-bond acceptors (Lipinski definition) is 4. The van der Waals surface area contributed by atoms with Crippen LogP contribution in [0.25, 0.3) is 0 Å². The number of aryl methyl sites for hydroxylation is 2. The van der Waals surface area contributed by atoms with Crippen LogP contribution in [0, 0.1) is 6.92 Å². The summed E-state index contributed by atoms with van der Waals surface area (Å²) in [5, 5.41) is 7.59. The molecule has 0 saturated carbocycles. The number of nitrogens with zero attached hydrogens (tertiary/aromatic N) is 4. The largest absolute Gasteiger partial charge is 0.310 e. The minimum absolute atomic E-state index is 0.250. The molecule has 1 atom stereocenters. The Balaban J connectivity index is 2.20. The SMILES string of the molecule is CCNC(Cc1ncnn1C)c1ccnc(C)c1. The van der Waals surface area contributed by atoms with Crippen molar-refractivity contribution in [2.45, 2.75) is 26.3 Å². The van der Waals surface area contributed by atoms with Crippen molar-refractivity contribution >= 4 is 0 Å². The molecule has 0 saturated heterocycles. The van der Waals surface area contributed by atoms with E-state index in [1.54, 1.807) is 6.33 Å². The Morgan fingerprint density at radius 3 is 2.83 bits per heavy atom. The summed E-state index contributed by atoms with van der Waals surface area (Å²) in [4.78, 5) is 8.52. The summed E-state index contributed by atoms with van der Waals surface area (Å²) in [6.45, 7) is 5.04. The van der Waals surface area contributed by atoms with Crippen molar-refractivity contribution in [2.24, 2.45) is 7.05 Å². The fourth-order valence-electron chi connectivity index (χ4n) is 2.03. The van der Waals surface area contributed by atoms with Gasteiger partial charge in [0.15, 0.2) is 0 Å². The predicted molar refractivity (Wildman–Crippen MR) is 70.1 cm³/mol. The molecule has 96 valence electrons. The van der Waals surface area contributed by atoms with Crippen LogP contribution in [0.2, 0.25) is 0 Å². The fraction of sp³-hybridized carbons (Fsp3) is 0.462. The van der Waals surface area contributed by atoms with Gasteiger partial charge in [-0.25, -0.2) is 4.98 Å². The number of aromatic nitrogens is 4. The van der Waals surface area contributed by atoms with Crippen molar-refractivity contribution in [2.75, 3.05) is 6.54 Å². The van der Waals surface area contributed by atoms with Gasteiger partial charge in [0.1, 0.15) is 12.2 Å². The maximum Gasteiger partial charge on any atom is 0.138 e. The Labute approximate surface area is 107 Å². The molecule has 0 aliphatic carbocycles. The molecule has 5 heteroatoms. The molecule has 2 rings (SSSR count). The van der Waals surface area contributed by atoms with Crippen molar-refractivity contribution in [3.05, 3.63) is 41.7 Å². The summed E-state index contributed by atoms with van der Waals surface area (Å²) in [6, 6.07) is 4.42. The molecule has 0 aliphatic rings. The van der Waals surface area contributed by atoms with Crippen LogP contribution >= 0.6 is 0 Å². The third kappa shape index (κ3) is 2.92. The number of nitrogens with one attached hydrogen (secondary N) is 1. The zero-order valence-electron chi connectivity index (χ0n) is 11.1. The molecule has 0 amide bonds. The number of likely N-dealkylation sites (N-methyl/N-ethyl adjacent to an activating group) is 1. The Morgan fingerprint density at radius 2 is 2.22 bits per heavy atom. The number of hydrogen-bond donors (Lipinski definition) is 1. The molecule has 1 N–H and O–H groups in total. The quantitative estimate of drug-likeness (QED) is 0.865. The molecule has 0 aromatic carbocycles. The second-order valence-corrected chi connectivity index (χ2v) is 4.34. The maximum atomic E-state index is 4.28. The normalized spacial score (nSPS) is 12.6. The first-order valence-electron chi connectivity index (χ1n) is 6.19. The maximum absolute atomic E-state index is 4.28. The van der Waals surface area contributed by atoms with Gasteiger partial charge in [-0.15, -0.1) is 0 Å². The molecule has 0 radical (unpaired) electrons.